The molecule has 1 rings (SSSR count). The highest BCUT2D eigenvalue weighted by Crippen LogP contribution is 2.46. The normalized spacial score (nSPS) is 27.7. The van der Waals surface area contributed by atoms with Crippen molar-refractivity contribution in [3.63, 3.8) is 0 Å². The van der Waals surface area contributed by atoms with E-state index in [4.69, 9.17) is 4.74 Å². The van der Waals surface area contributed by atoms with Crippen molar-refractivity contribution in [1.29, 1.82) is 0 Å². The van der Waals surface area contributed by atoms with Crippen LogP contribution in [0.15, 0.2) is 0 Å². The molecule has 1 aliphatic carbocycles. The van der Waals surface area contributed by atoms with E-state index in [1.807, 2.05) is 20.8 Å². The van der Waals surface area contributed by atoms with Crippen LogP contribution in [-0.2, 0) is 4.74 Å². The van der Waals surface area contributed by atoms with Crippen LogP contribution in [0.1, 0.15) is 53.4 Å². The van der Waals surface area contributed by atoms with Gasteiger partial charge in [-0.15, -0.1) is 0 Å². The Bertz CT molecular complexity index is 272. The van der Waals surface area contributed by atoms with Crippen LogP contribution in [0.25, 0.3) is 0 Å². The minimum Gasteiger partial charge on any atom is -0.444 e. The lowest BCUT2D eigenvalue weighted by atomic mass is 10.1. The van der Waals surface area contributed by atoms with Crippen LogP contribution in [0, 0.1) is 5.92 Å². The van der Waals surface area contributed by atoms with Crippen molar-refractivity contribution in [1.82, 2.24) is 5.32 Å². The second-order valence-corrected chi connectivity index (χ2v) is 5.98. The highest BCUT2D eigenvalue weighted by Gasteiger charge is 2.54. The number of nitrogens with one attached hydrogen (secondary N) is 1. The minimum absolute atomic E-state index is 0.000619. The molecule has 2 unspecified atom stereocenters. The Morgan fingerprint density at radius 2 is 2.18 bits per heavy atom. The molecule has 0 saturated heterocycles. The summed E-state index contributed by atoms with van der Waals surface area (Å²) in [6, 6.07) is 0. The number of carbonyl (C=O) groups excluding carboxylic acids is 1. The highest BCUT2D eigenvalue weighted by molar-refractivity contribution is 5.69. The van der Waals surface area contributed by atoms with Crippen LogP contribution in [0.5, 0.6) is 0 Å². The molecule has 0 aromatic carbocycles. The molecular weight excluding hydrogens is 218 g/mol. The third-order valence-corrected chi connectivity index (χ3v) is 3.17. The summed E-state index contributed by atoms with van der Waals surface area (Å²) in [5.41, 5.74) is -0.911. The third kappa shape index (κ3) is 4.19. The number of aliphatic hydroxyl groups excluding tert-OH is 1. The van der Waals surface area contributed by atoms with E-state index in [2.05, 4.69) is 12.2 Å². The molecule has 1 saturated carbocycles. The molecule has 4 nitrogen and oxygen atoms in total. The lowest BCUT2D eigenvalue weighted by Crippen LogP contribution is -2.44. The van der Waals surface area contributed by atoms with Gasteiger partial charge in [0.15, 0.2) is 0 Å². The first-order valence-electron chi connectivity index (χ1n) is 6.45. The van der Waals surface area contributed by atoms with Gasteiger partial charge in [0.25, 0.3) is 0 Å². The number of hydrogen-bond donors (Lipinski definition) is 2. The molecule has 2 N–H and O–H groups in total. The van der Waals surface area contributed by atoms with Crippen molar-refractivity contribution in [2.45, 2.75) is 64.5 Å². The van der Waals surface area contributed by atoms with E-state index in [-0.39, 0.29) is 6.61 Å². The second kappa shape index (κ2) is 5.25. The van der Waals surface area contributed by atoms with Crippen LogP contribution in [0.4, 0.5) is 4.79 Å². The van der Waals surface area contributed by atoms with Crippen LogP contribution < -0.4 is 5.32 Å². The van der Waals surface area contributed by atoms with E-state index in [9.17, 15) is 9.90 Å². The van der Waals surface area contributed by atoms with Crippen molar-refractivity contribution in [3.8, 4) is 0 Å². The van der Waals surface area contributed by atoms with Gasteiger partial charge in [-0.3, -0.25) is 0 Å². The lowest BCUT2D eigenvalue weighted by molar-refractivity contribution is 0.0461. The maximum absolute atomic E-state index is 11.6. The number of alkyl carbamates (subject to hydrolysis) is 1. The molecule has 1 amide bonds. The van der Waals surface area contributed by atoms with Crippen LogP contribution in [0.3, 0.4) is 0 Å². The molecule has 0 aromatic rings. The number of hydrogen-bond acceptors (Lipinski definition) is 3. The van der Waals surface area contributed by atoms with Gasteiger partial charge < -0.3 is 15.2 Å². The van der Waals surface area contributed by atoms with Gasteiger partial charge in [-0.25, -0.2) is 4.79 Å². The molecule has 4 heteroatoms. The molecular formula is C13H25NO3. The number of carbonyl (C=O) groups is 1. The predicted octanol–water partition coefficient (Wildman–Crippen LogP) is 2.45. The number of unbranched alkanes of at least 4 members (excludes halogenated alkanes) is 1. The molecule has 1 aliphatic rings. The predicted molar refractivity (Wildman–Crippen MR) is 66.8 cm³/mol. The lowest BCUT2D eigenvalue weighted by Gasteiger charge is -2.23. The molecule has 0 spiro atoms. The van der Waals surface area contributed by atoms with Gasteiger partial charge in [0.05, 0.1) is 12.1 Å². The summed E-state index contributed by atoms with van der Waals surface area (Å²) in [6.07, 6.45) is 3.79. The summed E-state index contributed by atoms with van der Waals surface area (Å²) >= 11 is 0. The largest absolute Gasteiger partial charge is 0.444 e. The summed E-state index contributed by atoms with van der Waals surface area (Å²) in [5.74, 6) is 0.403. The SMILES string of the molecule is CCCCC1CC1(CO)NC(=O)OC(C)(C)C. The molecule has 2 atom stereocenters. The van der Waals surface area contributed by atoms with Gasteiger partial charge in [0, 0.05) is 0 Å². The van der Waals surface area contributed by atoms with Crippen molar-refractivity contribution in [2.75, 3.05) is 6.61 Å². The molecule has 0 bridgehead atoms. The summed E-state index contributed by atoms with van der Waals surface area (Å²) in [6.45, 7) is 7.64. The maximum Gasteiger partial charge on any atom is 0.408 e. The van der Waals surface area contributed by atoms with Crippen LogP contribution in [0.2, 0.25) is 0 Å². The van der Waals surface area contributed by atoms with E-state index in [1.54, 1.807) is 0 Å². The Morgan fingerprint density at radius 3 is 2.65 bits per heavy atom. The Labute approximate surface area is 104 Å². The fourth-order valence-corrected chi connectivity index (χ4v) is 2.10. The van der Waals surface area contributed by atoms with Crippen molar-refractivity contribution >= 4 is 6.09 Å². The number of amides is 1. The second-order valence-electron chi connectivity index (χ2n) is 5.98. The summed E-state index contributed by atoms with van der Waals surface area (Å²) < 4.78 is 5.21. The first-order chi connectivity index (χ1) is 7.83. The molecule has 0 aliphatic heterocycles. The maximum atomic E-state index is 11.6. The number of rotatable bonds is 5. The smallest absolute Gasteiger partial charge is 0.408 e. The minimum atomic E-state index is -0.492. The summed E-state index contributed by atoms with van der Waals surface area (Å²) in [5, 5.41) is 12.2. The fourth-order valence-electron chi connectivity index (χ4n) is 2.10. The van der Waals surface area contributed by atoms with Gasteiger partial charge in [-0.1, -0.05) is 19.8 Å². The highest BCUT2D eigenvalue weighted by atomic mass is 16.6. The monoisotopic (exact) mass is 243 g/mol. The van der Waals surface area contributed by atoms with Gasteiger partial charge in [0.1, 0.15) is 5.60 Å². The van der Waals surface area contributed by atoms with E-state index < -0.39 is 17.2 Å². The molecule has 100 valence electrons. The summed E-state index contributed by atoms with van der Waals surface area (Å²) in [7, 11) is 0. The standard InChI is InChI=1S/C13H25NO3/c1-5-6-7-10-8-13(10,9-15)14-11(16)17-12(2,3)4/h10,15H,5-9H2,1-4H3,(H,14,16). The van der Waals surface area contributed by atoms with Gasteiger partial charge >= 0.3 is 6.09 Å². The topological polar surface area (TPSA) is 58.6 Å². The van der Waals surface area contributed by atoms with Crippen molar-refractivity contribution in [2.24, 2.45) is 5.92 Å². The van der Waals surface area contributed by atoms with Gasteiger partial charge in [-0.2, -0.15) is 0 Å². The summed E-state index contributed by atoms with van der Waals surface area (Å²) in [4.78, 5) is 11.6. The Kier molecular flexibility index (Phi) is 4.42. The van der Waals surface area contributed by atoms with E-state index in [1.165, 1.54) is 0 Å². The van der Waals surface area contributed by atoms with E-state index >= 15 is 0 Å². The van der Waals surface area contributed by atoms with Crippen molar-refractivity contribution < 1.29 is 14.6 Å². The van der Waals surface area contributed by atoms with Crippen LogP contribution in [-0.4, -0.2) is 28.9 Å². The molecule has 17 heavy (non-hydrogen) atoms. The zero-order chi connectivity index (χ0) is 13.1. The zero-order valence-corrected chi connectivity index (χ0v) is 11.4. The fraction of sp³-hybridized carbons (Fsp3) is 0.923. The first-order valence-corrected chi connectivity index (χ1v) is 6.45. The zero-order valence-electron chi connectivity index (χ0n) is 11.4. The molecule has 0 heterocycles. The number of aliphatic hydroxyl groups is 1. The van der Waals surface area contributed by atoms with Crippen LogP contribution >= 0.6 is 0 Å². The van der Waals surface area contributed by atoms with E-state index in [0.29, 0.717) is 5.92 Å². The first kappa shape index (κ1) is 14.3. The Hall–Kier alpha value is -0.770. The molecule has 0 radical (unpaired) electrons. The van der Waals surface area contributed by atoms with Gasteiger partial charge in [0.2, 0.25) is 0 Å². The molecule has 1 fully saturated rings. The van der Waals surface area contributed by atoms with Crippen molar-refractivity contribution in [3.05, 3.63) is 0 Å². The average molecular weight is 243 g/mol. The third-order valence-electron chi connectivity index (χ3n) is 3.17. The number of ether oxygens (including phenoxy) is 1. The Morgan fingerprint density at radius 1 is 1.53 bits per heavy atom. The van der Waals surface area contributed by atoms with Gasteiger partial charge in [-0.05, 0) is 39.5 Å². The Balaban J connectivity index is 2.41. The average Bonchev–Trinajstić information content (AvgIpc) is 2.86. The quantitative estimate of drug-likeness (QED) is 0.779. The molecule has 0 aromatic heterocycles. The van der Waals surface area contributed by atoms with E-state index in [0.717, 1.165) is 25.7 Å².